The fourth-order valence-corrected chi connectivity index (χ4v) is 3.36. The Labute approximate surface area is 163 Å². The Hall–Kier alpha value is -2.87. The quantitative estimate of drug-likeness (QED) is 0.331. The van der Waals surface area contributed by atoms with Crippen LogP contribution in [-0.4, -0.2) is 18.8 Å². The second-order valence-electron chi connectivity index (χ2n) is 5.79. The number of rotatable bonds is 7. The maximum absolute atomic E-state index is 13.2. The summed E-state index contributed by atoms with van der Waals surface area (Å²) in [5, 5.41) is 0.643. The first kappa shape index (κ1) is 19.9. The molecular weight excluding hydrogens is 390 g/mol. The van der Waals surface area contributed by atoms with E-state index in [0.717, 1.165) is 12.1 Å². The number of hydrogen-bond donors (Lipinski definition) is 0. The van der Waals surface area contributed by atoms with E-state index >= 15 is 0 Å². The molecule has 0 atom stereocenters. The van der Waals surface area contributed by atoms with Crippen molar-refractivity contribution in [1.29, 1.82) is 0 Å². The van der Waals surface area contributed by atoms with Gasteiger partial charge in [0.2, 0.25) is 0 Å². The Morgan fingerprint density at radius 2 is 1.93 bits per heavy atom. The largest absolute Gasteiger partial charge is 0.497 e. The number of esters is 1. The van der Waals surface area contributed by atoms with Crippen LogP contribution in [0.1, 0.15) is 12.0 Å². The number of hydrogen-bond acceptors (Lipinski definition) is 6. The summed E-state index contributed by atoms with van der Waals surface area (Å²) < 4.78 is 41.5. The molecule has 0 saturated carbocycles. The molecule has 0 fully saturated rings. The Morgan fingerprint density at radius 1 is 1.11 bits per heavy atom. The minimum atomic E-state index is -0.931. The molecule has 0 aliphatic carbocycles. The van der Waals surface area contributed by atoms with Crippen molar-refractivity contribution in [3.8, 4) is 5.75 Å². The Morgan fingerprint density at radius 3 is 2.68 bits per heavy atom. The summed E-state index contributed by atoms with van der Waals surface area (Å²) in [5.74, 6) is -1.43. The van der Waals surface area contributed by atoms with E-state index in [0.29, 0.717) is 32.9 Å². The van der Waals surface area contributed by atoms with Gasteiger partial charge < -0.3 is 13.9 Å². The summed E-state index contributed by atoms with van der Waals surface area (Å²) in [4.78, 5) is 24.2. The molecule has 3 aromatic rings. The van der Waals surface area contributed by atoms with E-state index in [1.807, 2.05) is 0 Å². The lowest BCUT2D eigenvalue weighted by atomic mass is 10.1. The molecule has 0 radical (unpaired) electrons. The number of halogens is 2. The molecule has 0 amide bonds. The van der Waals surface area contributed by atoms with Crippen molar-refractivity contribution in [2.45, 2.75) is 17.9 Å². The van der Waals surface area contributed by atoms with Gasteiger partial charge in [-0.1, -0.05) is 0 Å². The van der Waals surface area contributed by atoms with Crippen LogP contribution < -0.4 is 10.4 Å². The molecule has 0 spiro atoms. The average molecular weight is 406 g/mol. The van der Waals surface area contributed by atoms with E-state index in [1.54, 1.807) is 18.2 Å². The second-order valence-corrected chi connectivity index (χ2v) is 6.96. The van der Waals surface area contributed by atoms with Crippen molar-refractivity contribution < 1.29 is 27.5 Å². The predicted octanol–water partition coefficient (Wildman–Crippen LogP) is 4.31. The Balaban J connectivity index is 1.58. The van der Waals surface area contributed by atoms with Crippen molar-refractivity contribution >= 4 is 28.7 Å². The Kier molecular flexibility index (Phi) is 6.30. The SMILES string of the molecule is COc1ccc2c(COC(=O)CCSc3ccc(F)c(F)c3)cc(=O)oc2c1. The molecule has 0 aliphatic heterocycles. The molecule has 8 heteroatoms. The van der Waals surface area contributed by atoms with E-state index in [1.165, 1.54) is 31.0 Å². The fourth-order valence-electron chi connectivity index (χ4n) is 2.51. The third-order valence-corrected chi connectivity index (χ3v) is 4.89. The molecule has 146 valence electrons. The second kappa shape index (κ2) is 8.88. The fraction of sp³-hybridized carbons (Fsp3) is 0.200. The van der Waals surface area contributed by atoms with E-state index in [9.17, 15) is 18.4 Å². The van der Waals surface area contributed by atoms with Crippen LogP contribution in [0.4, 0.5) is 8.78 Å². The molecule has 5 nitrogen and oxygen atoms in total. The molecule has 2 aromatic carbocycles. The van der Waals surface area contributed by atoms with Gasteiger partial charge in [-0.2, -0.15) is 0 Å². The normalized spacial score (nSPS) is 10.8. The highest BCUT2D eigenvalue weighted by atomic mass is 32.2. The van der Waals surface area contributed by atoms with Gasteiger partial charge in [0.25, 0.3) is 0 Å². The zero-order chi connectivity index (χ0) is 20.1. The number of ether oxygens (including phenoxy) is 2. The molecule has 0 aliphatic rings. The zero-order valence-electron chi connectivity index (χ0n) is 14.9. The van der Waals surface area contributed by atoms with Crippen LogP contribution in [0.25, 0.3) is 11.0 Å². The van der Waals surface area contributed by atoms with Crippen LogP contribution in [0.15, 0.2) is 56.6 Å². The summed E-state index contributed by atoms with van der Waals surface area (Å²) in [6.07, 6.45) is 0.0802. The molecule has 0 saturated heterocycles. The number of carbonyl (C=O) groups excluding carboxylic acids is 1. The molecular formula is C20H16F2O5S. The highest BCUT2D eigenvalue weighted by molar-refractivity contribution is 7.99. The average Bonchev–Trinajstić information content (AvgIpc) is 2.68. The van der Waals surface area contributed by atoms with Gasteiger partial charge in [-0.3, -0.25) is 4.79 Å². The van der Waals surface area contributed by atoms with Crippen molar-refractivity contribution in [1.82, 2.24) is 0 Å². The molecule has 3 rings (SSSR count). The summed E-state index contributed by atoms with van der Waals surface area (Å²) >= 11 is 1.22. The summed E-state index contributed by atoms with van der Waals surface area (Å²) in [6, 6.07) is 9.86. The van der Waals surface area contributed by atoms with Crippen LogP contribution in [-0.2, 0) is 16.1 Å². The first-order chi connectivity index (χ1) is 13.5. The van der Waals surface area contributed by atoms with Gasteiger partial charge in [0.05, 0.1) is 13.5 Å². The van der Waals surface area contributed by atoms with Crippen molar-refractivity contribution in [2.75, 3.05) is 12.9 Å². The van der Waals surface area contributed by atoms with Gasteiger partial charge in [-0.25, -0.2) is 13.6 Å². The first-order valence-electron chi connectivity index (χ1n) is 8.30. The van der Waals surface area contributed by atoms with Crippen LogP contribution >= 0.6 is 11.8 Å². The maximum Gasteiger partial charge on any atom is 0.336 e. The lowest BCUT2D eigenvalue weighted by molar-refractivity contribution is -0.144. The van der Waals surface area contributed by atoms with Crippen molar-refractivity contribution in [3.05, 3.63) is 70.1 Å². The van der Waals surface area contributed by atoms with Gasteiger partial charge in [0.15, 0.2) is 11.6 Å². The third kappa shape index (κ3) is 4.89. The van der Waals surface area contributed by atoms with Gasteiger partial charge in [0.1, 0.15) is 17.9 Å². The van der Waals surface area contributed by atoms with Gasteiger partial charge in [0, 0.05) is 33.7 Å². The van der Waals surface area contributed by atoms with Crippen LogP contribution in [0.5, 0.6) is 5.75 Å². The molecule has 1 heterocycles. The predicted molar refractivity (Wildman–Crippen MR) is 101 cm³/mol. The first-order valence-corrected chi connectivity index (χ1v) is 9.29. The minimum Gasteiger partial charge on any atom is -0.497 e. The minimum absolute atomic E-state index is 0.0802. The summed E-state index contributed by atoms with van der Waals surface area (Å²) in [5.41, 5.74) is 0.308. The lowest BCUT2D eigenvalue weighted by Gasteiger charge is -2.08. The molecule has 28 heavy (non-hydrogen) atoms. The maximum atomic E-state index is 13.2. The van der Waals surface area contributed by atoms with E-state index in [-0.39, 0.29) is 13.0 Å². The van der Waals surface area contributed by atoms with Gasteiger partial charge in [-0.05, 0) is 30.3 Å². The highest BCUT2D eigenvalue weighted by Gasteiger charge is 2.11. The molecule has 0 N–H and O–H groups in total. The number of fused-ring (bicyclic) bond motifs is 1. The molecule has 0 bridgehead atoms. The van der Waals surface area contributed by atoms with Gasteiger partial charge in [-0.15, -0.1) is 11.8 Å². The lowest BCUT2D eigenvalue weighted by Crippen LogP contribution is -2.08. The smallest absolute Gasteiger partial charge is 0.336 e. The number of methoxy groups -OCH3 is 1. The van der Waals surface area contributed by atoms with Gasteiger partial charge >= 0.3 is 11.6 Å². The van der Waals surface area contributed by atoms with Crippen LogP contribution in [0, 0.1) is 11.6 Å². The molecule has 1 aromatic heterocycles. The van der Waals surface area contributed by atoms with Crippen molar-refractivity contribution in [2.24, 2.45) is 0 Å². The van der Waals surface area contributed by atoms with E-state index < -0.39 is 23.2 Å². The third-order valence-electron chi connectivity index (χ3n) is 3.89. The zero-order valence-corrected chi connectivity index (χ0v) is 15.7. The standard InChI is InChI=1S/C20H16F2O5S/c1-25-13-2-4-15-12(8-20(24)27-18(15)9-13)11-26-19(23)6-7-28-14-3-5-16(21)17(22)10-14/h2-5,8-10H,6-7,11H2,1H3. The van der Waals surface area contributed by atoms with Crippen LogP contribution in [0.3, 0.4) is 0 Å². The summed E-state index contributed by atoms with van der Waals surface area (Å²) in [6.45, 7) is -0.0803. The summed E-state index contributed by atoms with van der Waals surface area (Å²) in [7, 11) is 1.50. The highest BCUT2D eigenvalue weighted by Crippen LogP contribution is 2.24. The molecule has 0 unspecified atom stereocenters. The monoisotopic (exact) mass is 406 g/mol. The van der Waals surface area contributed by atoms with Crippen molar-refractivity contribution in [3.63, 3.8) is 0 Å². The van der Waals surface area contributed by atoms with Crippen LogP contribution in [0.2, 0.25) is 0 Å². The number of carbonyl (C=O) groups is 1. The topological polar surface area (TPSA) is 65.7 Å². The van der Waals surface area contributed by atoms with E-state index in [4.69, 9.17) is 13.9 Å². The number of thioether (sulfide) groups is 1. The Bertz CT molecular complexity index is 1060. The van der Waals surface area contributed by atoms with E-state index in [2.05, 4.69) is 0 Å². The number of benzene rings is 2.